The molecule has 1 aromatic rings. The lowest BCUT2D eigenvalue weighted by Crippen LogP contribution is -2.19. The third kappa shape index (κ3) is 2.18. The maximum atomic E-state index is 10.7. The number of isocyanates is 1. The Bertz CT molecular complexity index is 452. The average Bonchev–Trinajstić information content (AvgIpc) is 2.79. The van der Waals surface area contributed by atoms with E-state index in [0.29, 0.717) is 0 Å². The van der Waals surface area contributed by atoms with E-state index in [9.17, 15) is 4.79 Å². The minimum absolute atomic E-state index is 0.279. The number of hydrogen-bond donors (Lipinski definition) is 0. The molecule has 0 unspecified atom stereocenters. The highest BCUT2D eigenvalue weighted by Crippen LogP contribution is 2.42. The van der Waals surface area contributed by atoms with Gasteiger partial charge in [-0.3, -0.25) is 0 Å². The van der Waals surface area contributed by atoms with Crippen molar-refractivity contribution in [1.82, 2.24) is 0 Å². The zero-order valence-corrected chi connectivity index (χ0v) is 10.6. The van der Waals surface area contributed by atoms with Gasteiger partial charge in [0.15, 0.2) is 0 Å². The summed E-state index contributed by atoms with van der Waals surface area (Å²) in [7, 11) is 0. The van der Waals surface area contributed by atoms with Crippen LogP contribution in [0.5, 0.6) is 0 Å². The van der Waals surface area contributed by atoms with Crippen molar-refractivity contribution < 1.29 is 4.79 Å². The van der Waals surface area contributed by atoms with Gasteiger partial charge in [-0.25, -0.2) is 4.79 Å². The van der Waals surface area contributed by atoms with Gasteiger partial charge in [-0.2, -0.15) is 4.99 Å². The van der Waals surface area contributed by atoms with Gasteiger partial charge in [0.1, 0.15) is 0 Å². The minimum atomic E-state index is -0.279. The van der Waals surface area contributed by atoms with E-state index in [0.717, 1.165) is 32.1 Å². The molecule has 0 amide bonds. The highest BCUT2D eigenvalue weighted by Gasteiger charge is 2.35. The Morgan fingerprint density at radius 2 is 2.06 bits per heavy atom. The third-order valence-corrected chi connectivity index (χ3v) is 3.95. The Kier molecular flexibility index (Phi) is 3.44. The summed E-state index contributed by atoms with van der Waals surface area (Å²) >= 11 is 0. The number of aliphatic imine (C=N–C) groups is 1. The van der Waals surface area contributed by atoms with E-state index in [2.05, 4.69) is 37.0 Å². The number of rotatable bonds is 3. The molecule has 0 N–H and O–H groups in total. The zero-order valence-electron chi connectivity index (χ0n) is 10.6. The van der Waals surface area contributed by atoms with Crippen LogP contribution in [0.25, 0.3) is 0 Å². The standard InChI is InChI=1S/C15H19NO/c1-3-13-6-7-14(10-12(13)2)15(16-11-17)8-4-5-9-15/h6-7,10H,3-5,8-9H2,1-2H3. The Morgan fingerprint density at radius 3 is 2.59 bits per heavy atom. The number of hydrogen-bond acceptors (Lipinski definition) is 2. The summed E-state index contributed by atoms with van der Waals surface area (Å²) in [5, 5.41) is 0. The molecule has 0 heterocycles. The van der Waals surface area contributed by atoms with Crippen LogP contribution >= 0.6 is 0 Å². The molecular weight excluding hydrogens is 210 g/mol. The number of benzene rings is 1. The molecule has 17 heavy (non-hydrogen) atoms. The molecule has 1 aliphatic carbocycles. The quantitative estimate of drug-likeness (QED) is 0.574. The molecule has 90 valence electrons. The molecule has 0 bridgehead atoms. The van der Waals surface area contributed by atoms with Gasteiger partial charge >= 0.3 is 0 Å². The molecule has 0 aliphatic heterocycles. The molecule has 0 atom stereocenters. The number of nitrogens with zero attached hydrogens (tertiary/aromatic N) is 1. The van der Waals surface area contributed by atoms with Crippen molar-refractivity contribution in [2.75, 3.05) is 0 Å². The van der Waals surface area contributed by atoms with Crippen molar-refractivity contribution in [2.24, 2.45) is 4.99 Å². The maximum absolute atomic E-state index is 10.7. The average molecular weight is 229 g/mol. The predicted octanol–water partition coefficient (Wildman–Crippen LogP) is 3.66. The summed E-state index contributed by atoms with van der Waals surface area (Å²) in [6, 6.07) is 6.51. The molecule has 2 nitrogen and oxygen atoms in total. The monoisotopic (exact) mass is 229 g/mol. The highest BCUT2D eigenvalue weighted by molar-refractivity contribution is 5.41. The molecule has 1 fully saturated rings. The van der Waals surface area contributed by atoms with Gasteiger partial charge in [0, 0.05) is 0 Å². The van der Waals surface area contributed by atoms with Crippen molar-refractivity contribution in [2.45, 2.75) is 51.5 Å². The smallest absolute Gasteiger partial charge is 0.211 e. The Labute approximate surface area is 103 Å². The topological polar surface area (TPSA) is 29.4 Å². The molecule has 0 spiro atoms. The van der Waals surface area contributed by atoms with Gasteiger partial charge in [-0.1, -0.05) is 38.0 Å². The second-order valence-corrected chi connectivity index (χ2v) is 4.94. The first-order chi connectivity index (χ1) is 8.22. The maximum Gasteiger partial charge on any atom is 0.235 e. The summed E-state index contributed by atoms with van der Waals surface area (Å²) in [5.41, 5.74) is 3.58. The first-order valence-corrected chi connectivity index (χ1v) is 6.41. The molecule has 0 saturated heterocycles. The molecule has 1 saturated carbocycles. The molecule has 2 heteroatoms. The van der Waals surface area contributed by atoms with Gasteiger partial charge in [0.2, 0.25) is 6.08 Å². The normalized spacial score (nSPS) is 17.8. The van der Waals surface area contributed by atoms with Crippen molar-refractivity contribution in [3.63, 3.8) is 0 Å². The van der Waals surface area contributed by atoms with E-state index in [1.165, 1.54) is 16.7 Å². The molecule has 2 rings (SSSR count). The van der Waals surface area contributed by atoms with Crippen molar-refractivity contribution in [3.8, 4) is 0 Å². The van der Waals surface area contributed by atoms with Crippen LogP contribution in [-0.4, -0.2) is 6.08 Å². The fourth-order valence-electron chi connectivity index (χ4n) is 2.89. The van der Waals surface area contributed by atoms with E-state index in [1.54, 1.807) is 6.08 Å². The van der Waals surface area contributed by atoms with Crippen LogP contribution < -0.4 is 0 Å². The van der Waals surface area contributed by atoms with Gasteiger partial charge in [-0.05, 0) is 42.9 Å². The van der Waals surface area contributed by atoms with E-state index in [1.807, 2.05) is 0 Å². The number of aryl methyl sites for hydroxylation is 2. The zero-order chi connectivity index (χ0) is 12.3. The minimum Gasteiger partial charge on any atom is -0.211 e. The summed E-state index contributed by atoms with van der Waals surface area (Å²) in [4.78, 5) is 14.8. The van der Waals surface area contributed by atoms with Crippen LogP contribution in [0.4, 0.5) is 0 Å². The van der Waals surface area contributed by atoms with E-state index in [-0.39, 0.29) is 5.54 Å². The SMILES string of the molecule is CCc1ccc(C2(N=C=O)CCCC2)cc1C. The van der Waals surface area contributed by atoms with Crippen LogP contribution in [0.1, 0.15) is 49.3 Å². The van der Waals surface area contributed by atoms with Gasteiger partial charge in [0.05, 0.1) is 5.54 Å². The molecule has 0 radical (unpaired) electrons. The van der Waals surface area contributed by atoms with Gasteiger partial charge in [0.25, 0.3) is 0 Å². The molecule has 1 aliphatic rings. The Hall–Kier alpha value is -1.40. The largest absolute Gasteiger partial charge is 0.235 e. The van der Waals surface area contributed by atoms with Crippen molar-refractivity contribution >= 4 is 6.08 Å². The fourth-order valence-corrected chi connectivity index (χ4v) is 2.89. The molecule has 0 aromatic heterocycles. The second-order valence-electron chi connectivity index (χ2n) is 4.94. The van der Waals surface area contributed by atoms with Crippen molar-refractivity contribution in [1.29, 1.82) is 0 Å². The van der Waals surface area contributed by atoms with Gasteiger partial charge < -0.3 is 0 Å². The number of carbonyl (C=O) groups excluding carboxylic acids is 1. The molecular formula is C15H19NO. The summed E-state index contributed by atoms with van der Waals surface area (Å²) in [5.74, 6) is 0. The third-order valence-electron chi connectivity index (χ3n) is 3.95. The van der Waals surface area contributed by atoms with Crippen LogP contribution in [-0.2, 0) is 16.8 Å². The lowest BCUT2D eigenvalue weighted by atomic mass is 9.87. The Morgan fingerprint density at radius 1 is 1.35 bits per heavy atom. The first-order valence-electron chi connectivity index (χ1n) is 6.41. The lowest BCUT2D eigenvalue weighted by molar-refractivity contribution is 0.455. The molecule has 1 aromatic carbocycles. The van der Waals surface area contributed by atoms with Crippen LogP contribution in [0.15, 0.2) is 23.2 Å². The first kappa shape index (κ1) is 12.1. The van der Waals surface area contributed by atoms with Gasteiger partial charge in [-0.15, -0.1) is 0 Å². The van der Waals surface area contributed by atoms with Crippen LogP contribution in [0.3, 0.4) is 0 Å². The second kappa shape index (κ2) is 4.85. The van der Waals surface area contributed by atoms with E-state index < -0.39 is 0 Å². The van der Waals surface area contributed by atoms with Crippen LogP contribution in [0, 0.1) is 6.92 Å². The van der Waals surface area contributed by atoms with Crippen LogP contribution in [0.2, 0.25) is 0 Å². The predicted molar refractivity (Wildman–Crippen MR) is 68.8 cm³/mol. The highest BCUT2D eigenvalue weighted by atomic mass is 16.1. The summed E-state index contributed by atoms with van der Waals surface area (Å²) in [6.45, 7) is 4.30. The Balaban J connectivity index is 2.44. The fraction of sp³-hybridized carbons (Fsp3) is 0.533. The van der Waals surface area contributed by atoms with Crippen molar-refractivity contribution in [3.05, 3.63) is 34.9 Å². The van der Waals surface area contributed by atoms with E-state index >= 15 is 0 Å². The lowest BCUT2D eigenvalue weighted by Gasteiger charge is -2.23. The summed E-state index contributed by atoms with van der Waals surface area (Å²) < 4.78 is 0. The summed E-state index contributed by atoms with van der Waals surface area (Å²) in [6.07, 6.45) is 7.09. The van der Waals surface area contributed by atoms with E-state index in [4.69, 9.17) is 0 Å².